The van der Waals surface area contributed by atoms with Crippen LogP contribution in [0.1, 0.15) is 0 Å². The molecule has 4 heteroatoms. The maximum atomic E-state index is 9.66. The zero-order valence-corrected chi connectivity index (χ0v) is 11.8. The van der Waals surface area contributed by atoms with Crippen molar-refractivity contribution in [3.8, 4) is 22.8 Å². The molecule has 0 unspecified atom stereocenters. The summed E-state index contributed by atoms with van der Waals surface area (Å²) in [5, 5.41) is 10.5. The number of ether oxygens (including phenoxy) is 1. The van der Waals surface area contributed by atoms with Crippen LogP contribution in [0.3, 0.4) is 0 Å². The van der Waals surface area contributed by atoms with Gasteiger partial charge >= 0.3 is 0 Å². The van der Waals surface area contributed by atoms with Crippen molar-refractivity contribution in [2.45, 2.75) is 0 Å². The average Bonchev–Trinajstić information content (AvgIpc) is 2.88. The van der Waals surface area contributed by atoms with Crippen LogP contribution in [-0.2, 0) is 0 Å². The van der Waals surface area contributed by atoms with Crippen molar-refractivity contribution < 1.29 is 14.3 Å². The molecule has 0 aliphatic heterocycles. The Bertz CT molecular complexity index is 729. The number of methoxy groups -OCH3 is 1. The fourth-order valence-electron chi connectivity index (χ4n) is 1.96. The molecule has 2 aromatic carbocycles. The monoisotopic (exact) mass is 318 g/mol. The van der Waals surface area contributed by atoms with Gasteiger partial charge in [-0.15, -0.1) is 0 Å². The minimum atomic E-state index is 0.203. The minimum absolute atomic E-state index is 0.203. The highest BCUT2D eigenvalue weighted by Gasteiger charge is 2.11. The summed E-state index contributed by atoms with van der Waals surface area (Å²) in [6.45, 7) is 0. The van der Waals surface area contributed by atoms with E-state index in [1.807, 2.05) is 30.3 Å². The zero-order valence-electron chi connectivity index (χ0n) is 10.2. The van der Waals surface area contributed by atoms with Crippen molar-refractivity contribution >= 4 is 26.9 Å². The topological polar surface area (TPSA) is 42.6 Å². The zero-order chi connectivity index (χ0) is 13.4. The van der Waals surface area contributed by atoms with Gasteiger partial charge in [-0.3, -0.25) is 0 Å². The lowest BCUT2D eigenvalue weighted by Crippen LogP contribution is -1.81. The van der Waals surface area contributed by atoms with Crippen LogP contribution in [0.4, 0.5) is 0 Å². The van der Waals surface area contributed by atoms with Crippen LogP contribution in [0.15, 0.2) is 51.4 Å². The van der Waals surface area contributed by atoms with Crippen LogP contribution in [-0.4, -0.2) is 12.2 Å². The van der Waals surface area contributed by atoms with E-state index in [1.54, 1.807) is 19.2 Å². The Balaban J connectivity index is 2.12. The average molecular weight is 319 g/mol. The molecule has 19 heavy (non-hydrogen) atoms. The summed E-state index contributed by atoms with van der Waals surface area (Å²) in [4.78, 5) is 0. The Hall–Kier alpha value is -1.94. The second-order valence-electron chi connectivity index (χ2n) is 4.15. The van der Waals surface area contributed by atoms with Crippen LogP contribution in [0.5, 0.6) is 11.5 Å². The molecule has 96 valence electrons. The highest BCUT2D eigenvalue weighted by Crippen LogP contribution is 2.37. The highest BCUT2D eigenvalue weighted by atomic mass is 79.9. The van der Waals surface area contributed by atoms with Crippen molar-refractivity contribution in [1.82, 2.24) is 0 Å². The molecule has 0 aliphatic carbocycles. The third-order valence-electron chi connectivity index (χ3n) is 2.99. The molecule has 0 spiro atoms. The fourth-order valence-corrected chi connectivity index (χ4v) is 2.41. The van der Waals surface area contributed by atoms with E-state index in [0.717, 1.165) is 28.0 Å². The standard InChI is InChI=1S/C15H11BrO3/c1-18-10-4-2-9(3-5-10)14-8-11-13(19-14)7-6-12(17)15(11)16/h2-8,17H,1H3. The summed E-state index contributed by atoms with van der Waals surface area (Å²) >= 11 is 3.36. The van der Waals surface area contributed by atoms with Gasteiger partial charge in [0, 0.05) is 10.9 Å². The van der Waals surface area contributed by atoms with Crippen molar-refractivity contribution in [2.24, 2.45) is 0 Å². The number of aromatic hydroxyl groups is 1. The van der Waals surface area contributed by atoms with Gasteiger partial charge in [-0.2, -0.15) is 0 Å². The summed E-state index contributed by atoms with van der Waals surface area (Å²) in [6.07, 6.45) is 0. The molecule has 1 aromatic heterocycles. The normalized spacial score (nSPS) is 10.8. The van der Waals surface area contributed by atoms with E-state index in [4.69, 9.17) is 9.15 Å². The molecule has 1 heterocycles. The Morgan fingerprint density at radius 1 is 1.11 bits per heavy atom. The number of rotatable bonds is 2. The molecule has 0 amide bonds. The fraction of sp³-hybridized carbons (Fsp3) is 0.0667. The molecule has 1 N–H and O–H groups in total. The first-order valence-electron chi connectivity index (χ1n) is 5.74. The molecule has 0 fully saturated rings. The van der Waals surface area contributed by atoms with Gasteiger partial charge in [0.25, 0.3) is 0 Å². The van der Waals surface area contributed by atoms with Crippen LogP contribution in [0.2, 0.25) is 0 Å². The van der Waals surface area contributed by atoms with Crippen LogP contribution >= 0.6 is 15.9 Å². The predicted octanol–water partition coefficient (Wildman–Crippen LogP) is 4.58. The van der Waals surface area contributed by atoms with Crippen molar-refractivity contribution in [1.29, 1.82) is 0 Å². The number of hydrogen-bond acceptors (Lipinski definition) is 3. The Morgan fingerprint density at radius 3 is 2.53 bits per heavy atom. The van der Waals surface area contributed by atoms with E-state index in [1.165, 1.54) is 0 Å². The maximum absolute atomic E-state index is 9.66. The molecular formula is C15H11BrO3. The Kier molecular flexibility index (Phi) is 2.95. The van der Waals surface area contributed by atoms with E-state index in [9.17, 15) is 5.11 Å². The van der Waals surface area contributed by atoms with E-state index >= 15 is 0 Å². The summed E-state index contributed by atoms with van der Waals surface area (Å²) in [5.74, 6) is 1.76. The summed E-state index contributed by atoms with van der Waals surface area (Å²) in [6, 6.07) is 12.9. The van der Waals surface area contributed by atoms with Gasteiger partial charge < -0.3 is 14.3 Å². The third kappa shape index (κ3) is 2.08. The smallest absolute Gasteiger partial charge is 0.136 e. The number of halogens is 1. The van der Waals surface area contributed by atoms with E-state index in [2.05, 4.69) is 15.9 Å². The predicted molar refractivity (Wildman–Crippen MR) is 77.6 cm³/mol. The van der Waals surface area contributed by atoms with Gasteiger partial charge in [0.05, 0.1) is 11.6 Å². The second-order valence-corrected chi connectivity index (χ2v) is 4.94. The molecule has 3 aromatic rings. The van der Waals surface area contributed by atoms with Crippen molar-refractivity contribution in [3.05, 3.63) is 46.9 Å². The summed E-state index contributed by atoms with van der Waals surface area (Å²) in [5.41, 5.74) is 1.69. The number of benzene rings is 2. The minimum Gasteiger partial charge on any atom is -0.507 e. The van der Waals surface area contributed by atoms with Gasteiger partial charge in [0.15, 0.2) is 0 Å². The van der Waals surface area contributed by atoms with Gasteiger partial charge in [-0.1, -0.05) is 0 Å². The first-order chi connectivity index (χ1) is 9.19. The second kappa shape index (κ2) is 4.63. The molecule has 0 saturated heterocycles. The maximum Gasteiger partial charge on any atom is 0.136 e. The first kappa shape index (κ1) is 12.1. The SMILES string of the molecule is COc1ccc(-c2cc3c(Br)c(O)ccc3o2)cc1. The van der Waals surface area contributed by atoms with Gasteiger partial charge in [-0.05, 0) is 58.4 Å². The number of phenols is 1. The molecular weight excluding hydrogens is 308 g/mol. The number of hydrogen-bond donors (Lipinski definition) is 1. The summed E-state index contributed by atoms with van der Waals surface area (Å²) in [7, 11) is 1.64. The quantitative estimate of drug-likeness (QED) is 0.752. The Morgan fingerprint density at radius 2 is 1.84 bits per heavy atom. The Labute approximate surface area is 118 Å². The largest absolute Gasteiger partial charge is 0.507 e. The summed E-state index contributed by atoms with van der Waals surface area (Å²) < 4.78 is 11.6. The molecule has 0 radical (unpaired) electrons. The number of furan rings is 1. The molecule has 0 saturated carbocycles. The third-order valence-corrected chi connectivity index (χ3v) is 3.82. The van der Waals surface area contributed by atoms with Gasteiger partial charge in [-0.25, -0.2) is 0 Å². The van der Waals surface area contributed by atoms with Crippen molar-refractivity contribution in [3.63, 3.8) is 0 Å². The van der Waals surface area contributed by atoms with E-state index in [0.29, 0.717) is 4.47 Å². The number of fused-ring (bicyclic) bond motifs is 1. The lowest BCUT2D eigenvalue weighted by Gasteiger charge is -2.00. The lowest BCUT2D eigenvalue weighted by atomic mass is 10.1. The van der Waals surface area contributed by atoms with Crippen LogP contribution < -0.4 is 4.74 Å². The van der Waals surface area contributed by atoms with Gasteiger partial charge in [0.1, 0.15) is 22.8 Å². The van der Waals surface area contributed by atoms with E-state index < -0.39 is 0 Å². The van der Waals surface area contributed by atoms with Crippen molar-refractivity contribution in [2.75, 3.05) is 7.11 Å². The van der Waals surface area contributed by atoms with Crippen LogP contribution in [0, 0.1) is 0 Å². The number of phenolic OH excluding ortho intramolecular Hbond substituents is 1. The lowest BCUT2D eigenvalue weighted by molar-refractivity contribution is 0.415. The molecule has 0 bridgehead atoms. The molecule has 0 atom stereocenters. The molecule has 0 aliphatic rings. The highest BCUT2D eigenvalue weighted by molar-refractivity contribution is 9.10. The molecule has 3 nitrogen and oxygen atoms in total. The van der Waals surface area contributed by atoms with Gasteiger partial charge in [0.2, 0.25) is 0 Å². The van der Waals surface area contributed by atoms with E-state index in [-0.39, 0.29) is 5.75 Å². The first-order valence-corrected chi connectivity index (χ1v) is 6.54. The molecule has 3 rings (SSSR count). The van der Waals surface area contributed by atoms with Crippen LogP contribution in [0.25, 0.3) is 22.3 Å².